The van der Waals surface area contributed by atoms with Gasteiger partial charge in [0.1, 0.15) is 0 Å². The first-order valence-corrected chi connectivity index (χ1v) is 14.4. The Morgan fingerprint density at radius 1 is 1.06 bits per heavy atom. The summed E-state index contributed by atoms with van der Waals surface area (Å²) < 4.78 is 1.85. The summed E-state index contributed by atoms with van der Waals surface area (Å²) >= 11 is 7.56. The molecule has 0 saturated heterocycles. The van der Waals surface area contributed by atoms with Crippen molar-refractivity contribution in [1.82, 2.24) is 25.0 Å². The van der Waals surface area contributed by atoms with Crippen LogP contribution in [0.4, 0.5) is 0 Å². The molecule has 0 unspecified atom stereocenters. The van der Waals surface area contributed by atoms with Crippen LogP contribution in [0.15, 0.2) is 35.5 Å². The summed E-state index contributed by atoms with van der Waals surface area (Å²) in [6.07, 6.45) is 15.1. The summed E-state index contributed by atoms with van der Waals surface area (Å²) in [6, 6.07) is 8.13. The molecule has 2 saturated carbocycles. The molecule has 0 radical (unpaired) electrons. The highest BCUT2D eigenvalue weighted by Crippen LogP contribution is 2.31. The molecule has 0 aliphatic heterocycles. The molecular formula is C27H36ClN5O2S. The fourth-order valence-corrected chi connectivity index (χ4v) is 6.25. The van der Waals surface area contributed by atoms with E-state index in [-0.39, 0.29) is 18.4 Å². The molecule has 2 amide bonds. The third-order valence-corrected chi connectivity index (χ3v) is 8.56. The van der Waals surface area contributed by atoms with E-state index in [4.69, 9.17) is 11.6 Å². The van der Waals surface area contributed by atoms with E-state index >= 15 is 0 Å². The molecule has 1 heterocycles. The Kier molecular flexibility index (Phi) is 9.87. The number of aromatic nitrogens is 3. The number of hydrogen-bond donors (Lipinski definition) is 1. The standard InChI is InChI=1S/C27H36ClN5O2S/c1-32-24(18-29-25(34)17-16-20-10-8-9-15-23(20)28)30-31-27(32)36-19-26(35)33(21-11-4-2-5-12-21)22-13-6-3-7-14-22/h8-10,15-17,21-22H,2-7,11-14,18-19H2,1H3,(H,29,34)/b17-16+. The van der Waals surface area contributed by atoms with Crippen LogP contribution >= 0.6 is 23.4 Å². The normalized spacial score (nSPS) is 17.4. The highest BCUT2D eigenvalue weighted by molar-refractivity contribution is 7.99. The molecule has 7 nitrogen and oxygen atoms in total. The van der Waals surface area contributed by atoms with Gasteiger partial charge in [-0.25, -0.2) is 0 Å². The maximum Gasteiger partial charge on any atom is 0.244 e. The van der Waals surface area contributed by atoms with Gasteiger partial charge in [-0.2, -0.15) is 0 Å². The van der Waals surface area contributed by atoms with Gasteiger partial charge < -0.3 is 14.8 Å². The molecule has 1 aromatic carbocycles. The van der Waals surface area contributed by atoms with Crippen LogP contribution in [0.1, 0.15) is 75.6 Å². The lowest BCUT2D eigenvalue weighted by atomic mass is 9.88. The molecule has 0 spiro atoms. The second-order valence-electron chi connectivity index (χ2n) is 9.70. The number of halogens is 1. The number of amides is 2. The summed E-state index contributed by atoms with van der Waals surface area (Å²) in [5, 5.41) is 12.6. The molecule has 2 fully saturated rings. The number of nitrogens with zero attached hydrogens (tertiary/aromatic N) is 4. The van der Waals surface area contributed by atoms with Gasteiger partial charge in [-0.15, -0.1) is 10.2 Å². The summed E-state index contributed by atoms with van der Waals surface area (Å²) in [5.74, 6) is 0.992. The fourth-order valence-electron chi connectivity index (χ4n) is 5.25. The first-order chi connectivity index (χ1) is 17.5. The van der Waals surface area contributed by atoms with Crippen LogP contribution in [0, 0.1) is 0 Å². The van der Waals surface area contributed by atoms with Gasteiger partial charge in [-0.3, -0.25) is 9.59 Å². The van der Waals surface area contributed by atoms with Crippen molar-refractivity contribution in [2.24, 2.45) is 7.05 Å². The predicted molar refractivity (Wildman–Crippen MR) is 145 cm³/mol. The van der Waals surface area contributed by atoms with Gasteiger partial charge in [0.2, 0.25) is 11.8 Å². The van der Waals surface area contributed by atoms with Gasteiger partial charge >= 0.3 is 0 Å². The average molecular weight is 530 g/mol. The van der Waals surface area contributed by atoms with Crippen LogP contribution < -0.4 is 5.32 Å². The first kappa shape index (κ1) is 26.7. The zero-order valence-corrected chi connectivity index (χ0v) is 22.6. The monoisotopic (exact) mass is 529 g/mol. The Balaban J connectivity index is 1.31. The lowest BCUT2D eigenvalue weighted by Gasteiger charge is -2.41. The first-order valence-electron chi connectivity index (χ1n) is 13.1. The number of hydrogen-bond acceptors (Lipinski definition) is 5. The predicted octanol–water partition coefficient (Wildman–Crippen LogP) is 5.38. The number of rotatable bonds is 9. The second kappa shape index (κ2) is 13.3. The Morgan fingerprint density at radius 2 is 1.69 bits per heavy atom. The lowest BCUT2D eigenvalue weighted by molar-refractivity contribution is -0.135. The molecule has 0 bridgehead atoms. The Bertz CT molecular complexity index is 1040. The molecule has 1 aromatic heterocycles. The second-order valence-corrected chi connectivity index (χ2v) is 11.1. The summed E-state index contributed by atoms with van der Waals surface area (Å²) in [6.45, 7) is 0.250. The van der Waals surface area contributed by atoms with Gasteiger partial charge in [0.05, 0.1) is 12.3 Å². The Hall–Kier alpha value is -2.32. The van der Waals surface area contributed by atoms with Crippen LogP contribution in [0.25, 0.3) is 6.08 Å². The van der Waals surface area contributed by atoms with E-state index in [9.17, 15) is 9.59 Å². The molecule has 4 rings (SSSR count). The van der Waals surface area contributed by atoms with E-state index in [1.54, 1.807) is 12.1 Å². The van der Waals surface area contributed by atoms with Crippen molar-refractivity contribution < 1.29 is 9.59 Å². The number of benzene rings is 1. The number of nitrogens with one attached hydrogen (secondary N) is 1. The zero-order chi connectivity index (χ0) is 25.3. The molecule has 194 valence electrons. The topological polar surface area (TPSA) is 80.1 Å². The van der Waals surface area contributed by atoms with E-state index in [0.717, 1.165) is 31.2 Å². The Labute approximate surface area is 223 Å². The number of carbonyl (C=O) groups is 2. The van der Waals surface area contributed by atoms with Crippen LogP contribution in [0.5, 0.6) is 0 Å². The van der Waals surface area contributed by atoms with Crippen molar-refractivity contribution in [3.05, 3.63) is 46.8 Å². The molecule has 9 heteroatoms. The van der Waals surface area contributed by atoms with E-state index in [1.807, 2.05) is 29.8 Å². The minimum atomic E-state index is -0.238. The van der Waals surface area contributed by atoms with Crippen molar-refractivity contribution >= 4 is 41.3 Å². The van der Waals surface area contributed by atoms with E-state index in [0.29, 0.717) is 33.8 Å². The van der Waals surface area contributed by atoms with Gasteiger partial charge in [0.25, 0.3) is 0 Å². The minimum absolute atomic E-state index is 0.223. The summed E-state index contributed by atoms with van der Waals surface area (Å²) in [7, 11) is 1.87. The SMILES string of the molecule is Cn1c(CNC(=O)/C=C/c2ccccc2Cl)nnc1SCC(=O)N(C1CCCCC1)C1CCCCC1. The number of thioether (sulfide) groups is 1. The van der Waals surface area contributed by atoms with Gasteiger partial charge in [0, 0.05) is 30.2 Å². The highest BCUT2D eigenvalue weighted by atomic mass is 35.5. The summed E-state index contributed by atoms with van der Waals surface area (Å²) in [4.78, 5) is 27.9. The fraction of sp³-hybridized carbons (Fsp3) is 0.556. The zero-order valence-electron chi connectivity index (χ0n) is 21.0. The van der Waals surface area contributed by atoms with Crippen LogP contribution in [-0.2, 0) is 23.2 Å². The van der Waals surface area contributed by atoms with E-state index < -0.39 is 0 Å². The molecule has 36 heavy (non-hydrogen) atoms. The molecule has 2 aliphatic rings. The number of carbonyl (C=O) groups excluding carboxylic acids is 2. The quantitative estimate of drug-likeness (QED) is 0.348. The smallest absolute Gasteiger partial charge is 0.244 e. The third kappa shape index (κ3) is 7.13. The third-order valence-electron chi connectivity index (χ3n) is 7.21. The van der Waals surface area contributed by atoms with Crippen molar-refractivity contribution in [3.8, 4) is 0 Å². The molecule has 2 aromatic rings. The largest absolute Gasteiger partial charge is 0.345 e. The van der Waals surface area contributed by atoms with Crippen molar-refractivity contribution in [3.63, 3.8) is 0 Å². The average Bonchev–Trinajstić information content (AvgIpc) is 3.26. The van der Waals surface area contributed by atoms with E-state index in [2.05, 4.69) is 20.4 Å². The molecule has 0 atom stereocenters. The van der Waals surface area contributed by atoms with Gasteiger partial charge in [-0.1, -0.05) is 80.1 Å². The van der Waals surface area contributed by atoms with Gasteiger partial charge in [0.15, 0.2) is 11.0 Å². The maximum atomic E-state index is 13.4. The van der Waals surface area contributed by atoms with Gasteiger partial charge in [-0.05, 0) is 43.4 Å². The van der Waals surface area contributed by atoms with Crippen molar-refractivity contribution in [2.75, 3.05) is 5.75 Å². The maximum absolute atomic E-state index is 13.4. The van der Waals surface area contributed by atoms with Crippen LogP contribution in [0.3, 0.4) is 0 Å². The van der Waals surface area contributed by atoms with Crippen LogP contribution in [-0.4, -0.2) is 49.3 Å². The molecule has 2 aliphatic carbocycles. The molecule has 1 N–H and O–H groups in total. The summed E-state index contributed by atoms with van der Waals surface area (Å²) in [5.41, 5.74) is 0.784. The lowest BCUT2D eigenvalue weighted by Crippen LogP contribution is -2.49. The van der Waals surface area contributed by atoms with Crippen molar-refractivity contribution in [2.45, 2.75) is 88.0 Å². The van der Waals surface area contributed by atoms with Crippen molar-refractivity contribution in [1.29, 1.82) is 0 Å². The van der Waals surface area contributed by atoms with Crippen LogP contribution in [0.2, 0.25) is 5.02 Å². The highest BCUT2D eigenvalue weighted by Gasteiger charge is 2.32. The Morgan fingerprint density at radius 3 is 2.33 bits per heavy atom. The molecular weight excluding hydrogens is 494 g/mol. The minimum Gasteiger partial charge on any atom is -0.345 e. The van der Waals surface area contributed by atoms with E-state index in [1.165, 1.54) is 56.4 Å².